The van der Waals surface area contributed by atoms with Crippen LogP contribution in [0.3, 0.4) is 0 Å². The van der Waals surface area contributed by atoms with E-state index in [-0.39, 0.29) is 28.8 Å². The minimum Gasteiger partial charge on any atom is -0.490 e. The summed E-state index contributed by atoms with van der Waals surface area (Å²) in [5.41, 5.74) is 6.03. The summed E-state index contributed by atoms with van der Waals surface area (Å²) in [5.74, 6) is 0.711. The van der Waals surface area contributed by atoms with Crippen LogP contribution in [0.5, 0.6) is 23.1 Å². The number of hydrogen-bond donors (Lipinski definition) is 1. The Balaban J connectivity index is 2.12. The predicted octanol–water partition coefficient (Wildman–Crippen LogP) is 4.65. The number of fused-ring (bicyclic) bond motifs is 1. The average Bonchev–Trinajstić information content (AvgIpc) is 2.61. The van der Waals surface area contributed by atoms with Gasteiger partial charge in [-0.2, -0.15) is 13.2 Å². The van der Waals surface area contributed by atoms with E-state index in [0.29, 0.717) is 10.9 Å². The zero-order valence-corrected chi connectivity index (χ0v) is 13.9. The Morgan fingerprint density at radius 1 is 1.00 bits per heavy atom. The molecule has 0 amide bonds. The van der Waals surface area contributed by atoms with Crippen LogP contribution < -0.4 is 19.9 Å². The summed E-state index contributed by atoms with van der Waals surface area (Å²) in [5, 5.41) is 0.419. The molecule has 0 aliphatic rings. The van der Waals surface area contributed by atoms with Gasteiger partial charge in [-0.05, 0) is 30.3 Å². The number of halogens is 3. The Hall–Kier alpha value is -3.16. The fourth-order valence-corrected chi connectivity index (χ4v) is 2.56. The lowest BCUT2D eigenvalue weighted by atomic mass is 10.1. The standard InChI is InChI=1S/C18H15F3N2O3/c1-24-16-15(22)14-12(23-17(16)25-2)7-4-8-13(14)26-11-6-3-5-10(9-11)18(19,20)21/h3-9H,1-2H3,(H2,22,23). The monoisotopic (exact) mass is 364 g/mol. The van der Waals surface area contributed by atoms with Gasteiger partial charge in [-0.1, -0.05) is 12.1 Å². The third-order valence-corrected chi connectivity index (χ3v) is 3.72. The number of nitrogens with two attached hydrogens (primary N) is 1. The Morgan fingerprint density at radius 3 is 2.38 bits per heavy atom. The first-order valence-corrected chi connectivity index (χ1v) is 7.50. The van der Waals surface area contributed by atoms with Crippen LogP contribution in [0.4, 0.5) is 18.9 Å². The highest BCUT2D eigenvalue weighted by atomic mass is 19.4. The third kappa shape index (κ3) is 3.17. The van der Waals surface area contributed by atoms with Gasteiger partial charge in [0.2, 0.25) is 5.75 Å². The highest BCUT2D eigenvalue weighted by molar-refractivity contribution is 5.99. The second kappa shape index (κ2) is 6.62. The van der Waals surface area contributed by atoms with Gasteiger partial charge in [0.1, 0.15) is 11.5 Å². The topological polar surface area (TPSA) is 66.6 Å². The van der Waals surface area contributed by atoms with Crippen molar-refractivity contribution in [2.45, 2.75) is 6.18 Å². The molecule has 0 radical (unpaired) electrons. The van der Waals surface area contributed by atoms with Crippen LogP contribution in [-0.2, 0) is 6.18 Å². The van der Waals surface area contributed by atoms with E-state index in [9.17, 15) is 13.2 Å². The van der Waals surface area contributed by atoms with Crippen molar-refractivity contribution in [3.63, 3.8) is 0 Å². The van der Waals surface area contributed by atoms with Gasteiger partial charge in [0.05, 0.1) is 36.4 Å². The van der Waals surface area contributed by atoms with Crippen molar-refractivity contribution in [3.05, 3.63) is 48.0 Å². The second-order valence-electron chi connectivity index (χ2n) is 5.35. The molecule has 8 heteroatoms. The van der Waals surface area contributed by atoms with E-state index in [4.69, 9.17) is 19.9 Å². The first-order chi connectivity index (χ1) is 12.3. The van der Waals surface area contributed by atoms with Crippen molar-refractivity contribution in [2.75, 3.05) is 20.0 Å². The van der Waals surface area contributed by atoms with Crippen molar-refractivity contribution in [1.82, 2.24) is 4.98 Å². The van der Waals surface area contributed by atoms with Gasteiger partial charge < -0.3 is 19.9 Å². The lowest BCUT2D eigenvalue weighted by Crippen LogP contribution is -2.04. The summed E-state index contributed by atoms with van der Waals surface area (Å²) in [6.07, 6.45) is -4.46. The molecule has 0 spiro atoms. The van der Waals surface area contributed by atoms with E-state index in [0.717, 1.165) is 12.1 Å². The summed E-state index contributed by atoms with van der Waals surface area (Å²) < 4.78 is 54.7. The van der Waals surface area contributed by atoms with Gasteiger partial charge in [-0.25, -0.2) is 4.98 Å². The highest BCUT2D eigenvalue weighted by Gasteiger charge is 2.30. The summed E-state index contributed by atoms with van der Waals surface area (Å²) in [7, 11) is 2.84. The Morgan fingerprint density at radius 2 is 1.73 bits per heavy atom. The third-order valence-electron chi connectivity index (χ3n) is 3.72. The number of methoxy groups -OCH3 is 2. The van der Waals surface area contributed by atoms with Crippen LogP contribution in [-0.4, -0.2) is 19.2 Å². The number of nitrogens with zero attached hydrogens (tertiary/aromatic N) is 1. The number of pyridine rings is 1. The van der Waals surface area contributed by atoms with Crippen LogP contribution in [0.1, 0.15) is 5.56 Å². The number of alkyl halides is 3. The quantitative estimate of drug-likeness (QED) is 0.730. The normalized spacial score (nSPS) is 11.4. The number of anilines is 1. The maximum atomic E-state index is 12.9. The zero-order valence-electron chi connectivity index (χ0n) is 13.9. The number of ether oxygens (including phenoxy) is 3. The van der Waals surface area contributed by atoms with Crippen molar-refractivity contribution in [3.8, 4) is 23.1 Å². The number of benzene rings is 2. The van der Waals surface area contributed by atoms with Gasteiger partial charge in [0, 0.05) is 0 Å². The fraction of sp³-hybridized carbons (Fsp3) is 0.167. The molecular weight excluding hydrogens is 349 g/mol. The molecule has 136 valence electrons. The maximum Gasteiger partial charge on any atom is 0.416 e. The van der Waals surface area contributed by atoms with E-state index < -0.39 is 11.7 Å². The summed E-state index contributed by atoms with van der Waals surface area (Å²) in [6.45, 7) is 0. The van der Waals surface area contributed by atoms with Crippen LogP contribution >= 0.6 is 0 Å². The highest BCUT2D eigenvalue weighted by Crippen LogP contribution is 2.42. The largest absolute Gasteiger partial charge is 0.490 e. The molecule has 0 atom stereocenters. The molecule has 2 aromatic carbocycles. The van der Waals surface area contributed by atoms with E-state index in [1.165, 1.54) is 26.4 Å². The molecule has 0 unspecified atom stereocenters. The van der Waals surface area contributed by atoms with Crippen molar-refractivity contribution < 1.29 is 27.4 Å². The molecule has 0 aliphatic carbocycles. The molecular formula is C18H15F3N2O3. The van der Waals surface area contributed by atoms with Gasteiger partial charge in [-0.3, -0.25) is 0 Å². The molecule has 0 bridgehead atoms. The maximum absolute atomic E-state index is 12.9. The van der Waals surface area contributed by atoms with Crippen LogP contribution in [0, 0.1) is 0 Å². The minimum atomic E-state index is -4.46. The SMILES string of the molecule is COc1nc2cccc(Oc3cccc(C(F)(F)F)c3)c2c(N)c1OC. The second-order valence-corrected chi connectivity index (χ2v) is 5.35. The summed E-state index contributed by atoms with van der Waals surface area (Å²) >= 11 is 0. The summed E-state index contributed by atoms with van der Waals surface area (Å²) in [6, 6.07) is 9.53. The Labute approximate surface area is 147 Å². The molecule has 1 heterocycles. The number of hydrogen-bond acceptors (Lipinski definition) is 5. The van der Waals surface area contributed by atoms with E-state index in [1.807, 2.05) is 0 Å². The van der Waals surface area contributed by atoms with Crippen LogP contribution in [0.2, 0.25) is 0 Å². The van der Waals surface area contributed by atoms with Crippen molar-refractivity contribution in [1.29, 1.82) is 0 Å². The first kappa shape index (κ1) is 17.7. The lowest BCUT2D eigenvalue weighted by molar-refractivity contribution is -0.137. The molecule has 5 nitrogen and oxygen atoms in total. The molecule has 2 N–H and O–H groups in total. The van der Waals surface area contributed by atoms with Crippen molar-refractivity contribution >= 4 is 16.6 Å². The van der Waals surface area contributed by atoms with Gasteiger partial charge in [0.15, 0.2) is 0 Å². The van der Waals surface area contributed by atoms with E-state index in [2.05, 4.69) is 4.98 Å². The van der Waals surface area contributed by atoms with Gasteiger partial charge in [-0.15, -0.1) is 0 Å². The lowest BCUT2D eigenvalue weighted by Gasteiger charge is -2.15. The van der Waals surface area contributed by atoms with Crippen LogP contribution in [0.25, 0.3) is 10.9 Å². The Bertz CT molecular complexity index is 958. The summed E-state index contributed by atoms with van der Waals surface area (Å²) in [4.78, 5) is 4.30. The molecule has 1 aromatic heterocycles. The molecule has 26 heavy (non-hydrogen) atoms. The molecule has 0 saturated carbocycles. The van der Waals surface area contributed by atoms with Gasteiger partial charge in [0.25, 0.3) is 5.88 Å². The molecule has 3 aromatic rings. The zero-order chi connectivity index (χ0) is 18.9. The number of aromatic nitrogens is 1. The molecule has 0 fully saturated rings. The van der Waals surface area contributed by atoms with Gasteiger partial charge >= 0.3 is 6.18 Å². The predicted molar refractivity (Wildman–Crippen MR) is 90.8 cm³/mol. The fourth-order valence-electron chi connectivity index (χ4n) is 2.56. The number of nitrogen functional groups attached to an aromatic ring is 1. The number of rotatable bonds is 4. The van der Waals surface area contributed by atoms with Crippen LogP contribution in [0.15, 0.2) is 42.5 Å². The van der Waals surface area contributed by atoms with E-state index in [1.54, 1.807) is 18.2 Å². The Kier molecular flexibility index (Phi) is 4.50. The average molecular weight is 364 g/mol. The molecule has 0 saturated heterocycles. The van der Waals surface area contributed by atoms with Crippen molar-refractivity contribution in [2.24, 2.45) is 0 Å². The first-order valence-electron chi connectivity index (χ1n) is 7.50. The molecule has 3 rings (SSSR count). The van der Waals surface area contributed by atoms with E-state index >= 15 is 0 Å². The molecule has 0 aliphatic heterocycles. The minimum absolute atomic E-state index is 0.0292. The smallest absolute Gasteiger partial charge is 0.416 e.